The van der Waals surface area contributed by atoms with Crippen LogP contribution in [-0.2, 0) is 20.9 Å². The zero-order valence-electron chi connectivity index (χ0n) is 17.0. The van der Waals surface area contributed by atoms with E-state index in [1.54, 1.807) is 18.4 Å². The molecule has 1 unspecified atom stereocenters. The van der Waals surface area contributed by atoms with E-state index in [9.17, 15) is 9.59 Å². The Morgan fingerprint density at radius 3 is 2.59 bits per heavy atom. The molecule has 29 heavy (non-hydrogen) atoms. The third-order valence-electron chi connectivity index (χ3n) is 4.84. The molecule has 1 saturated heterocycles. The second-order valence-electron chi connectivity index (χ2n) is 7.33. The van der Waals surface area contributed by atoms with Crippen molar-refractivity contribution in [3.8, 4) is 0 Å². The average Bonchev–Trinajstić information content (AvgIpc) is 3.22. The minimum absolute atomic E-state index is 0.0380. The highest BCUT2D eigenvalue weighted by Gasteiger charge is 2.18. The van der Waals surface area contributed by atoms with Crippen molar-refractivity contribution in [2.24, 2.45) is 0 Å². The minimum Gasteiger partial charge on any atom is -0.378 e. The van der Waals surface area contributed by atoms with E-state index in [0.29, 0.717) is 6.54 Å². The number of carbonyl (C=O) groups is 2. The Hall–Kier alpha value is -2.42. The Morgan fingerprint density at radius 1 is 1.21 bits per heavy atom. The number of thiophene rings is 1. The quantitative estimate of drug-likeness (QED) is 0.664. The van der Waals surface area contributed by atoms with E-state index in [-0.39, 0.29) is 18.4 Å². The number of quaternary nitrogens is 1. The first-order chi connectivity index (χ1) is 14.0. The summed E-state index contributed by atoms with van der Waals surface area (Å²) >= 11 is 1.69. The Labute approximate surface area is 175 Å². The number of anilines is 2. The van der Waals surface area contributed by atoms with Crippen LogP contribution < -0.4 is 15.1 Å². The second kappa shape index (κ2) is 10.4. The summed E-state index contributed by atoms with van der Waals surface area (Å²) in [4.78, 5) is 30.8. The standard InChI is InChI=1S/C21H28N4O3S/c1-23(14-19-4-3-13-29-19)16-21(27)24(2)15-20(26)22-17-5-7-18(8-6-17)25-9-11-28-12-10-25/h3-8,13H,9-12,14-16H2,1-2H3,(H,22,26)/p+1. The van der Waals surface area contributed by atoms with Crippen molar-refractivity contribution in [1.29, 1.82) is 0 Å². The fourth-order valence-electron chi connectivity index (χ4n) is 3.25. The van der Waals surface area contributed by atoms with Gasteiger partial charge >= 0.3 is 0 Å². The SMILES string of the molecule is CN(CC(=O)Nc1ccc(N2CCOCC2)cc1)C(=O)C[NH+](C)Cc1cccs1. The van der Waals surface area contributed by atoms with Crippen LogP contribution in [0.15, 0.2) is 41.8 Å². The first-order valence-electron chi connectivity index (χ1n) is 9.81. The molecule has 3 rings (SSSR count). The van der Waals surface area contributed by atoms with Crippen molar-refractivity contribution in [3.63, 3.8) is 0 Å². The molecule has 0 aliphatic carbocycles. The van der Waals surface area contributed by atoms with E-state index >= 15 is 0 Å². The molecule has 0 bridgehead atoms. The smallest absolute Gasteiger partial charge is 0.277 e. The lowest BCUT2D eigenvalue weighted by Gasteiger charge is -2.28. The maximum Gasteiger partial charge on any atom is 0.277 e. The highest BCUT2D eigenvalue weighted by atomic mass is 32.1. The Bertz CT molecular complexity index is 789. The summed E-state index contributed by atoms with van der Waals surface area (Å²) in [5.74, 6) is -0.243. The van der Waals surface area contributed by atoms with Crippen LogP contribution in [0.1, 0.15) is 4.88 Å². The van der Waals surface area contributed by atoms with Crippen molar-refractivity contribution in [2.45, 2.75) is 6.54 Å². The number of likely N-dealkylation sites (N-methyl/N-ethyl adjacent to an activating group) is 2. The van der Waals surface area contributed by atoms with Crippen LogP contribution in [0.25, 0.3) is 0 Å². The lowest BCUT2D eigenvalue weighted by Crippen LogP contribution is -3.08. The molecule has 7 nitrogen and oxygen atoms in total. The van der Waals surface area contributed by atoms with Gasteiger partial charge in [-0.3, -0.25) is 9.59 Å². The number of hydrogen-bond donors (Lipinski definition) is 2. The number of benzene rings is 1. The van der Waals surface area contributed by atoms with Crippen LogP contribution in [0.5, 0.6) is 0 Å². The van der Waals surface area contributed by atoms with Crippen LogP contribution >= 0.6 is 11.3 Å². The third kappa shape index (κ3) is 6.56. The van der Waals surface area contributed by atoms with Gasteiger partial charge in [0.2, 0.25) is 5.91 Å². The van der Waals surface area contributed by atoms with Crippen molar-refractivity contribution in [2.75, 3.05) is 63.7 Å². The van der Waals surface area contributed by atoms with Gasteiger partial charge in [0.15, 0.2) is 6.54 Å². The number of morpholine rings is 1. The molecule has 0 radical (unpaired) electrons. The molecule has 2 heterocycles. The fourth-order valence-corrected chi connectivity index (χ4v) is 4.07. The molecule has 1 atom stereocenters. The average molecular weight is 418 g/mol. The molecule has 0 saturated carbocycles. The molecule has 1 fully saturated rings. The largest absolute Gasteiger partial charge is 0.378 e. The summed E-state index contributed by atoms with van der Waals surface area (Å²) in [7, 11) is 3.66. The van der Waals surface area contributed by atoms with E-state index < -0.39 is 0 Å². The first kappa shape index (κ1) is 21.3. The van der Waals surface area contributed by atoms with Crippen molar-refractivity contribution in [1.82, 2.24) is 4.90 Å². The topological polar surface area (TPSA) is 66.3 Å². The van der Waals surface area contributed by atoms with Gasteiger partial charge in [-0.05, 0) is 35.7 Å². The second-order valence-corrected chi connectivity index (χ2v) is 8.37. The summed E-state index contributed by atoms with van der Waals surface area (Å²) in [6.45, 7) is 4.43. The fraction of sp³-hybridized carbons (Fsp3) is 0.429. The van der Waals surface area contributed by atoms with Gasteiger partial charge in [0.05, 0.1) is 31.7 Å². The maximum absolute atomic E-state index is 12.4. The lowest BCUT2D eigenvalue weighted by molar-refractivity contribution is -0.885. The van der Waals surface area contributed by atoms with E-state index in [4.69, 9.17) is 4.74 Å². The van der Waals surface area contributed by atoms with Gasteiger partial charge in [0, 0.05) is 31.5 Å². The van der Waals surface area contributed by atoms with Gasteiger partial charge in [-0.2, -0.15) is 0 Å². The third-order valence-corrected chi connectivity index (χ3v) is 5.72. The molecule has 1 aliphatic heterocycles. The number of ether oxygens (including phenoxy) is 1. The summed E-state index contributed by atoms with van der Waals surface area (Å²) in [5.41, 5.74) is 1.85. The Balaban J connectivity index is 1.43. The number of hydrogen-bond acceptors (Lipinski definition) is 5. The molecule has 2 N–H and O–H groups in total. The first-order valence-corrected chi connectivity index (χ1v) is 10.7. The van der Waals surface area contributed by atoms with Gasteiger partial charge in [-0.15, -0.1) is 11.3 Å². The van der Waals surface area contributed by atoms with Crippen molar-refractivity contribution < 1.29 is 19.2 Å². The molecule has 1 aliphatic rings. The van der Waals surface area contributed by atoms with Gasteiger partial charge in [-0.25, -0.2) is 0 Å². The van der Waals surface area contributed by atoms with E-state index in [1.807, 2.05) is 42.8 Å². The number of amides is 2. The van der Waals surface area contributed by atoms with Gasteiger partial charge in [0.1, 0.15) is 6.54 Å². The molecule has 156 valence electrons. The van der Waals surface area contributed by atoms with Crippen LogP contribution in [0, 0.1) is 0 Å². The Morgan fingerprint density at radius 2 is 1.93 bits per heavy atom. The van der Waals surface area contributed by atoms with E-state index in [1.165, 1.54) is 9.78 Å². The Kier molecular flexibility index (Phi) is 7.62. The number of rotatable bonds is 8. The van der Waals surface area contributed by atoms with E-state index in [2.05, 4.69) is 16.3 Å². The van der Waals surface area contributed by atoms with Crippen LogP contribution in [0.4, 0.5) is 11.4 Å². The zero-order chi connectivity index (χ0) is 20.6. The molecule has 1 aromatic heterocycles. The minimum atomic E-state index is -0.198. The normalized spacial score (nSPS) is 15.0. The van der Waals surface area contributed by atoms with Gasteiger partial charge in [0.25, 0.3) is 5.91 Å². The lowest BCUT2D eigenvalue weighted by atomic mass is 10.2. The van der Waals surface area contributed by atoms with Gasteiger partial charge < -0.3 is 24.8 Å². The van der Waals surface area contributed by atoms with Gasteiger partial charge in [-0.1, -0.05) is 6.07 Å². The molecule has 1 aromatic carbocycles. The summed E-state index contributed by atoms with van der Waals surface area (Å²) < 4.78 is 5.37. The van der Waals surface area contributed by atoms with E-state index in [0.717, 1.165) is 49.1 Å². The molecule has 2 aromatic rings. The van der Waals surface area contributed by atoms with Crippen LogP contribution in [-0.4, -0.2) is 70.2 Å². The molecular formula is C21H29N4O3S+. The maximum atomic E-state index is 12.4. The summed E-state index contributed by atoms with van der Waals surface area (Å²) in [6.07, 6.45) is 0. The summed E-state index contributed by atoms with van der Waals surface area (Å²) in [6, 6.07) is 11.9. The van der Waals surface area contributed by atoms with Crippen molar-refractivity contribution in [3.05, 3.63) is 46.7 Å². The number of nitrogens with zero attached hydrogens (tertiary/aromatic N) is 2. The summed E-state index contributed by atoms with van der Waals surface area (Å²) in [5, 5.41) is 4.90. The molecular weight excluding hydrogens is 388 g/mol. The highest BCUT2D eigenvalue weighted by Crippen LogP contribution is 2.19. The molecule has 2 amide bonds. The molecule has 8 heteroatoms. The zero-order valence-corrected chi connectivity index (χ0v) is 17.8. The molecule has 0 spiro atoms. The van der Waals surface area contributed by atoms with Crippen LogP contribution in [0.2, 0.25) is 0 Å². The van der Waals surface area contributed by atoms with Crippen molar-refractivity contribution >= 4 is 34.5 Å². The number of nitrogens with one attached hydrogen (secondary N) is 2. The number of carbonyl (C=O) groups excluding carboxylic acids is 2. The predicted octanol–water partition coefficient (Wildman–Crippen LogP) is 0.697. The highest BCUT2D eigenvalue weighted by molar-refractivity contribution is 7.09. The van der Waals surface area contributed by atoms with Crippen LogP contribution in [0.3, 0.4) is 0 Å². The predicted molar refractivity (Wildman–Crippen MR) is 116 cm³/mol. The monoisotopic (exact) mass is 417 g/mol.